The van der Waals surface area contributed by atoms with Gasteiger partial charge in [-0.15, -0.1) is 10.2 Å². The fourth-order valence-corrected chi connectivity index (χ4v) is 7.86. The highest BCUT2D eigenvalue weighted by atomic mass is 35.5. The lowest BCUT2D eigenvalue weighted by Gasteiger charge is -2.13. The number of rotatable bonds is 11. The van der Waals surface area contributed by atoms with Crippen LogP contribution in [0.1, 0.15) is 0 Å². The number of hydrogen-bond donors (Lipinski definition) is 9. The number of nitrogen functional groups attached to an aromatic ring is 1. The average molecular weight is 883 g/mol. The van der Waals surface area contributed by atoms with E-state index in [2.05, 4.69) is 35.8 Å². The summed E-state index contributed by atoms with van der Waals surface area (Å²) in [5, 5.41) is 21.4. The standard InChI is InChI=1S/C25H19ClN8O16S5/c26-23-30-24(32-25(31-23)29-14-4-2-12(51(36,37)38)9-18(14)54(45,46)47)28-11-1-3-15(17(7-11)53(42,43)44)33-34-22-20-10(6-19(21(22)27)55(48,49)50)5-13(8-16(20)35)52(39,40)41/h1-9,35H,27H2,(H,36,37,38)(H,39,40,41)(H,42,43,44)(H,45,46,47)(H,48,49,50)(H2,28,29,30,31,32). The van der Waals surface area contributed by atoms with Gasteiger partial charge in [-0.05, 0) is 65.5 Å². The summed E-state index contributed by atoms with van der Waals surface area (Å²) in [6, 6.07) is 6.71. The third kappa shape index (κ3) is 9.19. The first-order valence-corrected chi connectivity index (χ1v) is 21.3. The lowest BCUT2D eigenvalue weighted by molar-refractivity contribution is 0.470. The van der Waals surface area contributed by atoms with E-state index in [1.54, 1.807) is 0 Å². The summed E-state index contributed by atoms with van der Waals surface area (Å²) in [5.74, 6) is -1.94. The molecule has 1 aromatic heterocycles. The molecule has 0 saturated heterocycles. The number of fused-ring (bicyclic) bond motifs is 1. The van der Waals surface area contributed by atoms with Crippen LogP contribution in [0.2, 0.25) is 5.28 Å². The van der Waals surface area contributed by atoms with Crippen LogP contribution in [0.25, 0.3) is 10.8 Å². The molecule has 0 amide bonds. The summed E-state index contributed by atoms with van der Waals surface area (Å²) in [6.07, 6.45) is 0. The largest absolute Gasteiger partial charge is 0.507 e. The van der Waals surface area contributed by atoms with Gasteiger partial charge in [0, 0.05) is 11.8 Å². The zero-order valence-corrected chi connectivity index (χ0v) is 31.0. The molecule has 30 heteroatoms. The average Bonchev–Trinajstić information content (AvgIpc) is 3.02. The second kappa shape index (κ2) is 14.1. The van der Waals surface area contributed by atoms with Crippen LogP contribution in [0, 0.1) is 0 Å². The third-order valence-corrected chi connectivity index (χ3v) is 11.4. The van der Waals surface area contributed by atoms with Crippen molar-refractivity contribution in [2.45, 2.75) is 24.5 Å². The number of anilines is 5. The van der Waals surface area contributed by atoms with Crippen molar-refractivity contribution in [3.63, 3.8) is 0 Å². The summed E-state index contributed by atoms with van der Waals surface area (Å²) in [5.41, 5.74) is 2.92. The first kappa shape index (κ1) is 41.0. The number of nitrogens with two attached hydrogens (primary N) is 1. The number of phenolic OH excluding ortho intramolecular Hbond substituents is 1. The molecule has 5 aromatic rings. The van der Waals surface area contributed by atoms with E-state index in [4.69, 9.17) is 17.3 Å². The fraction of sp³-hybridized carbons (Fsp3) is 0. The molecular weight excluding hydrogens is 864 g/mol. The Morgan fingerprint density at radius 3 is 1.75 bits per heavy atom. The predicted octanol–water partition coefficient (Wildman–Crippen LogP) is 3.10. The van der Waals surface area contributed by atoms with Gasteiger partial charge in [-0.2, -0.15) is 57.0 Å². The van der Waals surface area contributed by atoms with Gasteiger partial charge in [-0.25, -0.2) is 0 Å². The molecule has 0 aliphatic heterocycles. The second-order valence-electron chi connectivity index (χ2n) is 10.6. The molecule has 0 aliphatic rings. The SMILES string of the molecule is Nc1c(S(=O)(=O)O)cc2cc(S(=O)(=O)O)cc(O)c2c1N=Nc1ccc(Nc2nc(Cl)nc(Nc3ccc(S(=O)(=O)O)cc3S(=O)(=O)O)n2)cc1S(=O)(=O)O. The van der Waals surface area contributed by atoms with E-state index in [0.29, 0.717) is 24.3 Å². The Hall–Kier alpha value is -5.21. The minimum atomic E-state index is -5.19. The quantitative estimate of drug-likeness (QED) is 0.0522. The van der Waals surface area contributed by atoms with E-state index in [0.717, 1.165) is 30.3 Å². The molecule has 24 nitrogen and oxygen atoms in total. The number of phenols is 1. The molecule has 10 N–H and O–H groups in total. The summed E-state index contributed by atoms with van der Waals surface area (Å²) in [4.78, 5) is 6.55. The Bertz CT molecular complexity index is 3060. The van der Waals surface area contributed by atoms with Gasteiger partial charge in [0.15, 0.2) is 0 Å². The van der Waals surface area contributed by atoms with Gasteiger partial charge in [-0.3, -0.25) is 22.8 Å². The number of nitrogens with one attached hydrogen (secondary N) is 2. The third-order valence-electron chi connectivity index (χ3n) is 6.88. The summed E-state index contributed by atoms with van der Waals surface area (Å²) >= 11 is 5.95. The number of benzene rings is 4. The molecule has 292 valence electrons. The van der Waals surface area contributed by atoms with E-state index in [9.17, 15) is 70.0 Å². The molecule has 4 aromatic carbocycles. The van der Waals surface area contributed by atoms with E-state index in [-0.39, 0.29) is 5.69 Å². The number of aromatic nitrogens is 3. The number of aromatic hydroxyl groups is 1. The van der Waals surface area contributed by atoms with Gasteiger partial charge in [-0.1, -0.05) is 0 Å². The monoisotopic (exact) mass is 882 g/mol. The van der Waals surface area contributed by atoms with Gasteiger partial charge < -0.3 is 21.5 Å². The molecule has 5 rings (SSSR count). The van der Waals surface area contributed by atoms with Crippen molar-refractivity contribution in [2.24, 2.45) is 10.2 Å². The lowest BCUT2D eigenvalue weighted by Crippen LogP contribution is -2.09. The Kier molecular flexibility index (Phi) is 10.5. The lowest BCUT2D eigenvalue weighted by atomic mass is 10.1. The van der Waals surface area contributed by atoms with Crippen LogP contribution < -0.4 is 16.4 Å². The molecule has 0 radical (unpaired) electrons. The molecule has 0 unspecified atom stereocenters. The van der Waals surface area contributed by atoms with Gasteiger partial charge in [0.2, 0.25) is 17.2 Å². The van der Waals surface area contributed by atoms with Crippen molar-refractivity contribution in [2.75, 3.05) is 16.4 Å². The number of halogens is 1. The van der Waals surface area contributed by atoms with Crippen molar-refractivity contribution in [3.8, 4) is 5.75 Å². The Morgan fingerprint density at radius 1 is 0.600 bits per heavy atom. The van der Waals surface area contributed by atoms with E-state index in [1.807, 2.05) is 0 Å². The van der Waals surface area contributed by atoms with Crippen molar-refractivity contribution in [3.05, 3.63) is 59.9 Å². The van der Waals surface area contributed by atoms with Crippen molar-refractivity contribution in [1.29, 1.82) is 0 Å². The van der Waals surface area contributed by atoms with Crippen LogP contribution in [0.15, 0.2) is 89.3 Å². The van der Waals surface area contributed by atoms with E-state index < -0.39 is 132 Å². The molecule has 0 atom stereocenters. The first-order valence-electron chi connectivity index (χ1n) is 13.7. The normalized spacial score (nSPS) is 13.0. The van der Waals surface area contributed by atoms with Gasteiger partial charge in [0.05, 0.1) is 26.6 Å². The first-order chi connectivity index (χ1) is 25.1. The molecule has 0 spiro atoms. The molecular formula is C25H19ClN8O16S5. The smallest absolute Gasteiger partial charge is 0.296 e. The predicted molar refractivity (Wildman–Crippen MR) is 188 cm³/mol. The number of azo groups is 1. The molecule has 55 heavy (non-hydrogen) atoms. The molecule has 1 heterocycles. The molecule has 0 saturated carbocycles. The van der Waals surface area contributed by atoms with E-state index in [1.165, 1.54) is 0 Å². The van der Waals surface area contributed by atoms with Crippen LogP contribution in [-0.4, -0.2) is 84.9 Å². The zero-order chi connectivity index (χ0) is 41.1. The zero-order valence-electron chi connectivity index (χ0n) is 26.2. The minimum absolute atomic E-state index is 0.218. The summed E-state index contributed by atoms with van der Waals surface area (Å²) < 4.78 is 167. The van der Waals surface area contributed by atoms with Crippen molar-refractivity contribution >= 4 is 113 Å². The van der Waals surface area contributed by atoms with E-state index >= 15 is 0 Å². The van der Waals surface area contributed by atoms with Crippen LogP contribution in [0.5, 0.6) is 5.75 Å². The molecule has 0 fully saturated rings. The van der Waals surface area contributed by atoms with Gasteiger partial charge in [0.25, 0.3) is 50.6 Å². The fourth-order valence-electron chi connectivity index (χ4n) is 4.61. The highest BCUT2D eigenvalue weighted by molar-refractivity contribution is 7.87. The maximum absolute atomic E-state index is 12.4. The van der Waals surface area contributed by atoms with Crippen LogP contribution in [-0.2, 0) is 50.6 Å². The van der Waals surface area contributed by atoms with Crippen LogP contribution in [0.3, 0.4) is 0 Å². The number of hydrogen-bond acceptors (Lipinski definition) is 19. The maximum atomic E-state index is 12.4. The topological polar surface area (TPSA) is 406 Å². The van der Waals surface area contributed by atoms with Crippen LogP contribution in [0.4, 0.5) is 40.3 Å². The summed E-state index contributed by atoms with van der Waals surface area (Å²) in [7, 11) is -25.3. The number of nitrogens with zero attached hydrogens (tertiary/aromatic N) is 5. The minimum Gasteiger partial charge on any atom is -0.507 e. The highest BCUT2D eigenvalue weighted by Gasteiger charge is 2.25. The van der Waals surface area contributed by atoms with Crippen molar-refractivity contribution in [1.82, 2.24) is 15.0 Å². The highest BCUT2D eigenvalue weighted by Crippen LogP contribution is 2.44. The molecule has 0 aliphatic carbocycles. The Morgan fingerprint density at radius 2 is 1.18 bits per heavy atom. The van der Waals surface area contributed by atoms with Gasteiger partial charge >= 0.3 is 0 Å². The summed E-state index contributed by atoms with van der Waals surface area (Å²) in [6.45, 7) is 0. The molecule has 0 bridgehead atoms. The van der Waals surface area contributed by atoms with Crippen molar-refractivity contribution < 1.29 is 70.0 Å². The Labute approximate surface area is 313 Å². The second-order valence-corrected chi connectivity index (χ2v) is 17.9. The maximum Gasteiger partial charge on any atom is 0.296 e. The van der Waals surface area contributed by atoms with Gasteiger partial charge in [0.1, 0.15) is 31.8 Å². The Balaban J connectivity index is 1.56. The van der Waals surface area contributed by atoms with Crippen LogP contribution >= 0.6 is 11.6 Å².